The Labute approximate surface area is 87.2 Å². The van der Waals surface area contributed by atoms with E-state index in [1.165, 1.54) is 19.3 Å². The normalized spacial score (nSPS) is 54.9. The number of hydrogen-bond donors (Lipinski definition) is 0. The molecule has 0 N–H and O–H groups in total. The fraction of sp³-hybridized carbons (Fsp3) is 1.00. The molecule has 3 saturated carbocycles. The summed E-state index contributed by atoms with van der Waals surface area (Å²) < 4.78 is 6.05. The molecule has 3 fully saturated rings. The van der Waals surface area contributed by atoms with E-state index in [4.69, 9.17) is 4.74 Å². The van der Waals surface area contributed by atoms with Gasteiger partial charge < -0.3 is 4.74 Å². The van der Waals surface area contributed by atoms with Crippen molar-refractivity contribution in [2.75, 3.05) is 0 Å². The molecule has 6 unspecified atom stereocenters. The molecular weight excluding hydrogens is 172 g/mol. The van der Waals surface area contributed by atoms with E-state index in [1.54, 1.807) is 0 Å². The van der Waals surface area contributed by atoms with E-state index < -0.39 is 0 Å². The van der Waals surface area contributed by atoms with Crippen molar-refractivity contribution in [3.05, 3.63) is 0 Å². The van der Waals surface area contributed by atoms with Crippen molar-refractivity contribution in [1.82, 2.24) is 0 Å². The molecule has 3 aliphatic rings. The zero-order chi connectivity index (χ0) is 9.87. The predicted octanol–water partition coefficient (Wildman–Crippen LogP) is 3.09. The van der Waals surface area contributed by atoms with Gasteiger partial charge in [-0.2, -0.15) is 0 Å². The summed E-state index contributed by atoms with van der Waals surface area (Å²) >= 11 is 0. The van der Waals surface area contributed by atoms with Crippen LogP contribution in [0.2, 0.25) is 0 Å². The second kappa shape index (κ2) is 2.98. The Balaban J connectivity index is 1.67. The number of ether oxygens (including phenoxy) is 1. The smallest absolute Gasteiger partial charge is 0.0640 e. The van der Waals surface area contributed by atoms with E-state index in [0.29, 0.717) is 12.2 Å². The van der Waals surface area contributed by atoms with Crippen molar-refractivity contribution in [1.29, 1.82) is 0 Å². The Hall–Kier alpha value is -0.0400. The summed E-state index contributed by atoms with van der Waals surface area (Å²) in [4.78, 5) is 0. The van der Waals surface area contributed by atoms with E-state index in [0.717, 1.165) is 29.6 Å². The molecule has 0 aromatic heterocycles. The standard InChI is InChI=1S/C13H22O/c1-7(2)14-13-10-5-8(3)4-9-6-11(13)12(9)10/h7-13H,4-6H2,1-3H3. The maximum atomic E-state index is 6.05. The third-order valence-corrected chi connectivity index (χ3v) is 4.76. The molecule has 0 spiro atoms. The largest absolute Gasteiger partial charge is 0.375 e. The van der Waals surface area contributed by atoms with Gasteiger partial charge in [-0.15, -0.1) is 0 Å². The molecule has 0 aromatic carbocycles. The average Bonchev–Trinajstić information content (AvgIpc) is 2.05. The lowest BCUT2D eigenvalue weighted by atomic mass is 9.41. The third-order valence-electron chi connectivity index (χ3n) is 4.76. The van der Waals surface area contributed by atoms with E-state index in [2.05, 4.69) is 20.8 Å². The molecule has 0 bridgehead atoms. The monoisotopic (exact) mass is 194 g/mol. The topological polar surface area (TPSA) is 9.23 Å². The summed E-state index contributed by atoms with van der Waals surface area (Å²) in [7, 11) is 0. The first-order valence-corrected chi connectivity index (χ1v) is 6.32. The van der Waals surface area contributed by atoms with Crippen LogP contribution >= 0.6 is 0 Å². The Bertz CT molecular complexity index is 233. The van der Waals surface area contributed by atoms with Crippen LogP contribution in [0.4, 0.5) is 0 Å². The lowest BCUT2D eigenvalue weighted by Gasteiger charge is -2.67. The third kappa shape index (κ3) is 1.11. The molecule has 1 nitrogen and oxygen atoms in total. The van der Waals surface area contributed by atoms with E-state index in [1.807, 2.05) is 0 Å². The van der Waals surface area contributed by atoms with Crippen LogP contribution in [0.1, 0.15) is 40.0 Å². The van der Waals surface area contributed by atoms with Crippen molar-refractivity contribution >= 4 is 0 Å². The number of rotatable bonds is 2. The molecule has 0 aromatic rings. The quantitative estimate of drug-likeness (QED) is 0.656. The average molecular weight is 194 g/mol. The minimum Gasteiger partial charge on any atom is -0.375 e. The van der Waals surface area contributed by atoms with Crippen LogP contribution in [0, 0.1) is 29.6 Å². The van der Waals surface area contributed by atoms with Gasteiger partial charge in [-0.25, -0.2) is 0 Å². The Morgan fingerprint density at radius 2 is 1.79 bits per heavy atom. The van der Waals surface area contributed by atoms with Gasteiger partial charge in [-0.3, -0.25) is 0 Å². The molecule has 3 rings (SSSR count). The maximum absolute atomic E-state index is 6.05. The Morgan fingerprint density at radius 1 is 1.07 bits per heavy atom. The van der Waals surface area contributed by atoms with Gasteiger partial charge in [0.25, 0.3) is 0 Å². The zero-order valence-corrected chi connectivity index (χ0v) is 9.57. The summed E-state index contributed by atoms with van der Waals surface area (Å²) in [5, 5.41) is 0. The molecule has 6 atom stereocenters. The van der Waals surface area contributed by atoms with Crippen LogP contribution < -0.4 is 0 Å². The fourth-order valence-corrected chi connectivity index (χ4v) is 4.37. The predicted molar refractivity (Wildman–Crippen MR) is 57.0 cm³/mol. The molecule has 0 heterocycles. The van der Waals surface area contributed by atoms with E-state index >= 15 is 0 Å². The van der Waals surface area contributed by atoms with Crippen LogP contribution in [0.15, 0.2) is 0 Å². The molecule has 0 amide bonds. The molecule has 1 heteroatoms. The first kappa shape index (κ1) is 9.21. The molecule has 3 aliphatic carbocycles. The zero-order valence-electron chi connectivity index (χ0n) is 9.57. The van der Waals surface area contributed by atoms with Gasteiger partial charge in [-0.1, -0.05) is 6.92 Å². The first-order valence-electron chi connectivity index (χ1n) is 6.32. The highest BCUT2D eigenvalue weighted by Gasteiger charge is 2.63. The second-order valence-corrected chi connectivity index (χ2v) is 6.13. The van der Waals surface area contributed by atoms with Crippen molar-refractivity contribution in [2.45, 2.75) is 52.2 Å². The van der Waals surface area contributed by atoms with Crippen LogP contribution in [0.5, 0.6) is 0 Å². The van der Waals surface area contributed by atoms with Crippen molar-refractivity contribution in [3.8, 4) is 0 Å². The van der Waals surface area contributed by atoms with Crippen LogP contribution in [-0.4, -0.2) is 12.2 Å². The van der Waals surface area contributed by atoms with Crippen molar-refractivity contribution < 1.29 is 4.74 Å². The highest BCUT2D eigenvalue weighted by atomic mass is 16.5. The summed E-state index contributed by atoms with van der Waals surface area (Å²) in [6.07, 6.45) is 5.49. The van der Waals surface area contributed by atoms with Crippen LogP contribution in [-0.2, 0) is 4.74 Å². The molecule has 0 aliphatic heterocycles. The highest BCUT2D eigenvalue weighted by molar-refractivity contribution is 5.11. The second-order valence-electron chi connectivity index (χ2n) is 6.13. The summed E-state index contributed by atoms with van der Waals surface area (Å²) in [5.74, 6) is 5.02. The SMILES string of the molecule is CC1CC2CC3C(OC(C)C)C(C1)C23. The lowest BCUT2D eigenvalue weighted by Crippen LogP contribution is -2.65. The van der Waals surface area contributed by atoms with Gasteiger partial charge >= 0.3 is 0 Å². The van der Waals surface area contributed by atoms with Crippen LogP contribution in [0.3, 0.4) is 0 Å². The lowest BCUT2D eigenvalue weighted by molar-refractivity contribution is -0.253. The van der Waals surface area contributed by atoms with Gasteiger partial charge in [-0.05, 0) is 62.7 Å². The molecule has 80 valence electrons. The van der Waals surface area contributed by atoms with E-state index in [9.17, 15) is 0 Å². The Kier molecular flexibility index (Phi) is 1.96. The summed E-state index contributed by atoms with van der Waals surface area (Å²) in [6, 6.07) is 0. The molecule has 0 saturated heterocycles. The van der Waals surface area contributed by atoms with Gasteiger partial charge in [0.05, 0.1) is 12.2 Å². The van der Waals surface area contributed by atoms with Gasteiger partial charge in [0, 0.05) is 0 Å². The van der Waals surface area contributed by atoms with Gasteiger partial charge in [0.2, 0.25) is 0 Å². The van der Waals surface area contributed by atoms with Gasteiger partial charge in [0.15, 0.2) is 0 Å². The molecular formula is C13H22O. The minimum absolute atomic E-state index is 0.428. The van der Waals surface area contributed by atoms with E-state index in [-0.39, 0.29) is 0 Å². The van der Waals surface area contributed by atoms with Gasteiger partial charge in [0.1, 0.15) is 0 Å². The maximum Gasteiger partial charge on any atom is 0.0640 e. The minimum atomic E-state index is 0.428. The van der Waals surface area contributed by atoms with Crippen LogP contribution in [0.25, 0.3) is 0 Å². The number of hydrogen-bond acceptors (Lipinski definition) is 1. The Morgan fingerprint density at radius 3 is 2.50 bits per heavy atom. The fourth-order valence-electron chi connectivity index (χ4n) is 4.37. The summed E-state index contributed by atoms with van der Waals surface area (Å²) in [5.41, 5.74) is 0. The molecule has 0 radical (unpaired) electrons. The van der Waals surface area contributed by atoms with Crippen molar-refractivity contribution in [2.24, 2.45) is 29.6 Å². The first-order chi connectivity index (χ1) is 6.66. The van der Waals surface area contributed by atoms with Crippen molar-refractivity contribution in [3.63, 3.8) is 0 Å². The highest BCUT2D eigenvalue weighted by Crippen LogP contribution is 2.65. The molecule has 14 heavy (non-hydrogen) atoms. The summed E-state index contributed by atoms with van der Waals surface area (Å²) in [6.45, 7) is 6.78.